The molecule has 3 aliphatic rings. The molecule has 1 N–H and O–H groups in total. The minimum atomic E-state index is -3.11. The molecule has 0 aromatic heterocycles. The molecule has 5 heteroatoms. The van der Waals surface area contributed by atoms with Crippen LogP contribution in [0.3, 0.4) is 0 Å². The molecular weight excluding hydrogens is 392 g/mol. The van der Waals surface area contributed by atoms with Gasteiger partial charge in [0.1, 0.15) is 0 Å². The second-order valence-electron chi connectivity index (χ2n) is 9.61. The van der Waals surface area contributed by atoms with E-state index in [1.807, 2.05) is 12.1 Å². The number of aryl methyl sites for hydroxylation is 1. The lowest BCUT2D eigenvalue weighted by molar-refractivity contribution is 0.175. The highest BCUT2D eigenvalue weighted by Crippen LogP contribution is 2.56. The fourth-order valence-electron chi connectivity index (χ4n) is 5.62. The van der Waals surface area contributed by atoms with Crippen molar-refractivity contribution in [1.82, 2.24) is 10.2 Å². The number of sulfone groups is 1. The van der Waals surface area contributed by atoms with Crippen molar-refractivity contribution in [3.63, 3.8) is 0 Å². The monoisotopic (exact) mass is 424 g/mol. The van der Waals surface area contributed by atoms with E-state index in [1.165, 1.54) is 43.9 Å². The smallest absolute Gasteiger partial charge is 0.175 e. The number of piperidine rings is 1. The van der Waals surface area contributed by atoms with Crippen LogP contribution in [-0.4, -0.2) is 45.2 Å². The number of hydrogen-bond acceptors (Lipinski definition) is 4. The molecule has 1 aliphatic heterocycles. The Morgan fingerprint density at radius 2 is 1.80 bits per heavy atom. The third-order valence-electron chi connectivity index (χ3n) is 7.59. The van der Waals surface area contributed by atoms with Crippen molar-refractivity contribution in [3.8, 4) is 0 Å². The van der Waals surface area contributed by atoms with E-state index >= 15 is 0 Å². The van der Waals surface area contributed by atoms with Crippen molar-refractivity contribution in [2.45, 2.75) is 55.0 Å². The van der Waals surface area contributed by atoms with Crippen molar-refractivity contribution in [2.75, 3.05) is 25.9 Å². The topological polar surface area (TPSA) is 49.4 Å². The Hall–Kier alpha value is -1.69. The molecule has 0 radical (unpaired) electrons. The van der Waals surface area contributed by atoms with Gasteiger partial charge in [0.05, 0.1) is 4.90 Å². The molecule has 2 aromatic carbocycles. The summed E-state index contributed by atoms with van der Waals surface area (Å²) in [5, 5.41) is 3.91. The minimum Gasteiger partial charge on any atom is -0.313 e. The molecule has 2 aliphatic carbocycles. The summed E-state index contributed by atoms with van der Waals surface area (Å²) in [6.07, 6.45) is 7.62. The highest BCUT2D eigenvalue weighted by Gasteiger charge is 2.57. The van der Waals surface area contributed by atoms with Crippen LogP contribution in [0, 0.1) is 5.92 Å². The third kappa shape index (κ3) is 3.95. The van der Waals surface area contributed by atoms with E-state index in [1.54, 1.807) is 23.3 Å². The van der Waals surface area contributed by atoms with E-state index in [2.05, 4.69) is 34.5 Å². The van der Waals surface area contributed by atoms with Gasteiger partial charge in [0, 0.05) is 24.3 Å². The van der Waals surface area contributed by atoms with Crippen LogP contribution < -0.4 is 5.32 Å². The average Bonchev–Trinajstić information content (AvgIpc) is 3.33. The maximum atomic E-state index is 11.6. The van der Waals surface area contributed by atoms with Gasteiger partial charge in [0.2, 0.25) is 0 Å². The highest BCUT2D eigenvalue weighted by molar-refractivity contribution is 7.90. The van der Waals surface area contributed by atoms with Gasteiger partial charge >= 0.3 is 0 Å². The van der Waals surface area contributed by atoms with Crippen LogP contribution in [-0.2, 0) is 28.2 Å². The van der Waals surface area contributed by atoms with Crippen LogP contribution >= 0.6 is 0 Å². The number of fused-ring (bicyclic) bond motifs is 2. The second kappa shape index (κ2) is 7.77. The Bertz CT molecular complexity index is 1010. The van der Waals surface area contributed by atoms with Gasteiger partial charge in [-0.15, -0.1) is 0 Å². The predicted molar refractivity (Wildman–Crippen MR) is 120 cm³/mol. The van der Waals surface area contributed by atoms with E-state index < -0.39 is 9.84 Å². The predicted octanol–water partition coefficient (Wildman–Crippen LogP) is 3.55. The van der Waals surface area contributed by atoms with Crippen molar-refractivity contribution in [1.29, 1.82) is 0 Å². The molecule has 4 nitrogen and oxygen atoms in total. The Balaban J connectivity index is 1.08. The second-order valence-corrected chi connectivity index (χ2v) is 11.6. The van der Waals surface area contributed by atoms with Crippen LogP contribution in [0.4, 0.5) is 0 Å². The molecule has 2 unspecified atom stereocenters. The van der Waals surface area contributed by atoms with E-state index in [0.29, 0.717) is 16.4 Å². The lowest BCUT2D eigenvalue weighted by atomic mass is 9.95. The van der Waals surface area contributed by atoms with Crippen LogP contribution in [0.15, 0.2) is 53.4 Å². The summed E-state index contributed by atoms with van der Waals surface area (Å²) >= 11 is 0. The minimum absolute atomic E-state index is 0.402. The molecule has 160 valence electrons. The van der Waals surface area contributed by atoms with Gasteiger partial charge in [-0.1, -0.05) is 36.4 Å². The zero-order valence-corrected chi connectivity index (χ0v) is 18.6. The summed E-state index contributed by atoms with van der Waals surface area (Å²) in [5.74, 6) is 0.767. The van der Waals surface area contributed by atoms with Gasteiger partial charge < -0.3 is 5.32 Å². The molecule has 1 saturated heterocycles. The first kappa shape index (κ1) is 20.2. The van der Waals surface area contributed by atoms with Gasteiger partial charge in [-0.05, 0) is 86.5 Å². The molecule has 0 amide bonds. The van der Waals surface area contributed by atoms with E-state index in [4.69, 9.17) is 0 Å². The van der Waals surface area contributed by atoms with Crippen molar-refractivity contribution < 1.29 is 8.42 Å². The zero-order chi connectivity index (χ0) is 20.8. The van der Waals surface area contributed by atoms with Crippen LogP contribution in [0.25, 0.3) is 0 Å². The maximum Gasteiger partial charge on any atom is 0.175 e. The number of rotatable bonds is 6. The zero-order valence-electron chi connectivity index (χ0n) is 17.8. The number of hydrogen-bond donors (Lipinski definition) is 1. The first-order valence-corrected chi connectivity index (χ1v) is 13.2. The van der Waals surface area contributed by atoms with Crippen LogP contribution in [0.1, 0.15) is 42.4 Å². The first-order chi connectivity index (χ1) is 14.4. The summed E-state index contributed by atoms with van der Waals surface area (Å²) < 4.78 is 23.2. The molecule has 0 bridgehead atoms. The summed E-state index contributed by atoms with van der Waals surface area (Å²) in [6, 6.07) is 17.1. The lowest BCUT2D eigenvalue weighted by Gasteiger charge is -2.32. The Kier molecular flexibility index (Phi) is 5.24. The summed E-state index contributed by atoms with van der Waals surface area (Å²) in [7, 11) is -3.11. The van der Waals surface area contributed by atoms with E-state index in [9.17, 15) is 8.42 Å². The van der Waals surface area contributed by atoms with E-state index in [-0.39, 0.29) is 0 Å². The largest absolute Gasteiger partial charge is 0.313 e. The molecule has 1 saturated carbocycles. The number of likely N-dealkylation sites (tertiary alicyclic amines) is 1. The Morgan fingerprint density at radius 1 is 1.07 bits per heavy atom. The molecule has 30 heavy (non-hydrogen) atoms. The van der Waals surface area contributed by atoms with Gasteiger partial charge in [0.25, 0.3) is 0 Å². The van der Waals surface area contributed by atoms with Gasteiger partial charge in [0.15, 0.2) is 9.84 Å². The van der Waals surface area contributed by atoms with Crippen molar-refractivity contribution in [2.24, 2.45) is 5.92 Å². The van der Waals surface area contributed by atoms with Gasteiger partial charge in [-0.3, -0.25) is 4.90 Å². The standard InChI is InChI=1S/C25H32N2O2S/c1-30(28,29)22-8-6-20(7-9-22)18-27-14-11-19(12-15-27)17-26-24-16-25(24)13-10-21-4-2-3-5-23(21)25/h2-9,19,24,26H,10-18H2,1H3. The molecule has 2 aromatic rings. The number of nitrogens with zero attached hydrogens (tertiary/aromatic N) is 1. The van der Waals surface area contributed by atoms with Crippen molar-refractivity contribution in [3.05, 3.63) is 65.2 Å². The molecule has 2 atom stereocenters. The summed E-state index contributed by atoms with van der Waals surface area (Å²) in [6.45, 7) is 4.30. The normalized spacial score (nSPS) is 26.8. The van der Waals surface area contributed by atoms with E-state index in [0.717, 1.165) is 32.1 Å². The third-order valence-corrected chi connectivity index (χ3v) is 8.72. The molecule has 1 heterocycles. The maximum absolute atomic E-state index is 11.6. The Labute approximate surface area is 180 Å². The summed E-state index contributed by atoms with van der Waals surface area (Å²) in [5.41, 5.74) is 4.81. The van der Waals surface area contributed by atoms with Gasteiger partial charge in [-0.25, -0.2) is 8.42 Å². The lowest BCUT2D eigenvalue weighted by Crippen LogP contribution is -2.38. The van der Waals surface area contributed by atoms with Gasteiger partial charge in [-0.2, -0.15) is 0 Å². The molecule has 5 rings (SSSR count). The SMILES string of the molecule is CS(=O)(=O)c1ccc(CN2CCC(CNC3CC34CCc3ccccc34)CC2)cc1. The highest BCUT2D eigenvalue weighted by atomic mass is 32.2. The number of benzene rings is 2. The van der Waals surface area contributed by atoms with Crippen molar-refractivity contribution >= 4 is 9.84 Å². The Morgan fingerprint density at radius 3 is 2.53 bits per heavy atom. The average molecular weight is 425 g/mol. The summed E-state index contributed by atoms with van der Waals surface area (Å²) in [4.78, 5) is 2.90. The molecular formula is C25H32N2O2S. The quantitative estimate of drug-likeness (QED) is 0.771. The first-order valence-electron chi connectivity index (χ1n) is 11.3. The molecule has 2 fully saturated rings. The van der Waals surface area contributed by atoms with Crippen LogP contribution in [0.2, 0.25) is 0 Å². The van der Waals surface area contributed by atoms with Crippen LogP contribution in [0.5, 0.6) is 0 Å². The molecule has 1 spiro atoms. The fraction of sp³-hybridized carbons (Fsp3) is 0.520. The number of nitrogens with one attached hydrogen (secondary N) is 1. The fourth-order valence-corrected chi connectivity index (χ4v) is 6.25.